The van der Waals surface area contributed by atoms with Gasteiger partial charge in [0.1, 0.15) is 5.82 Å². The van der Waals surface area contributed by atoms with Crippen LogP contribution in [-0.2, 0) is 6.54 Å². The highest BCUT2D eigenvalue weighted by Gasteiger charge is 2.12. The molecule has 0 aliphatic rings. The smallest absolute Gasteiger partial charge is 0.129 e. The first-order valence-electron chi connectivity index (χ1n) is 6.47. The average molecular weight is 238 g/mol. The first kappa shape index (κ1) is 14.0. The lowest BCUT2D eigenvalue weighted by Crippen LogP contribution is -2.26. The molecule has 0 aliphatic carbocycles. The summed E-state index contributed by atoms with van der Waals surface area (Å²) in [4.78, 5) is 2.23. The molecule has 0 aliphatic heterocycles. The van der Waals surface area contributed by atoms with E-state index in [1.54, 1.807) is 6.07 Å². The summed E-state index contributed by atoms with van der Waals surface area (Å²) in [5.41, 5.74) is 1.81. The minimum absolute atomic E-state index is 0.113. The molecule has 0 fully saturated rings. The van der Waals surface area contributed by atoms with E-state index in [0.29, 0.717) is 6.54 Å². The van der Waals surface area contributed by atoms with Gasteiger partial charge in [0, 0.05) is 30.9 Å². The van der Waals surface area contributed by atoms with E-state index >= 15 is 0 Å². The summed E-state index contributed by atoms with van der Waals surface area (Å²) in [7, 11) is 0. The zero-order chi connectivity index (χ0) is 12.7. The Bertz CT molecular complexity index is 339. The van der Waals surface area contributed by atoms with Crippen molar-refractivity contribution in [1.82, 2.24) is 5.32 Å². The molecule has 1 aromatic carbocycles. The average Bonchev–Trinajstić information content (AvgIpc) is 2.34. The topological polar surface area (TPSA) is 15.3 Å². The van der Waals surface area contributed by atoms with Gasteiger partial charge in [0.25, 0.3) is 0 Å². The molecular formula is C14H23FN2. The fourth-order valence-electron chi connectivity index (χ4n) is 1.99. The zero-order valence-electron chi connectivity index (χ0n) is 11.1. The van der Waals surface area contributed by atoms with Crippen LogP contribution in [0, 0.1) is 5.82 Å². The van der Waals surface area contributed by atoms with Gasteiger partial charge in [-0.05, 0) is 32.0 Å². The normalized spacial score (nSPS) is 10.6. The molecule has 0 amide bonds. The van der Waals surface area contributed by atoms with Crippen LogP contribution in [0.3, 0.4) is 0 Å². The van der Waals surface area contributed by atoms with Gasteiger partial charge in [0.05, 0.1) is 0 Å². The van der Waals surface area contributed by atoms with Crippen molar-refractivity contribution < 1.29 is 4.39 Å². The highest BCUT2D eigenvalue weighted by molar-refractivity contribution is 5.54. The van der Waals surface area contributed by atoms with Gasteiger partial charge >= 0.3 is 0 Å². The molecule has 0 saturated heterocycles. The number of nitrogens with one attached hydrogen (secondary N) is 1. The van der Waals surface area contributed by atoms with Crippen molar-refractivity contribution in [2.45, 2.75) is 33.7 Å². The highest BCUT2D eigenvalue weighted by atomic mass is 19.1. The number of hydrogen-bond acceptors (Lipinski definition) is 2. The molecule has 0 heterocycles. The summed E-state index contributed by atoms with van der Waals surface area (Å²) in [5.74, 6) is -0.113. The van der Waals surface area contributed by atoms with Gasteiger partial charge in [-0.2, -0.15) is 0 Å². The number of nitrogens with zero attached hydrogens (tertiary/aromatic N) is 1. The Labute approximate surface area is 104 Å². The van der Waals surface area contributed by atoms with E-state index < -0.39 is 0 Å². The minimum atomic E-state index is -0.113. The summed E-state index contributed by atoms with van der Waals surface area (Å²) in [6, 6.07) is 5.34. The van der Waals surface area contributed by atoms with E-state index in [2.05, 4.69) is 24.1 Å². The third-order valence-electron chi connectivity index (χ3n) is 2.86. The second kappa shape index (κ2) is 7.28. The van der Waals surface area contributed by atoms with Crippen molar-refractivity contribution >= 4 is 5.69 Å². The maximum absolute atomic E-state index is 13.8. The Morgan fingerprint density at radius 3 is 2.59 bits per heavy atom. The van der Waals surface area contributed by atoms with E-state index in [1.807, 2.05) is 13.0 Å². The molecule has 0 bridgehead atoms. The molecule has 0 unspecified atom stereocenters. The molecule has 3 heteroatoms. The highest BCUT2D eigenvalue weighted by Crippen LogP contribution is 2.23. The molecule has 96 valence electrons. The lowest BCUT2D eigenvalue weighted by atomic mass is 10.1. The monoisotopic (exact) mass is 238 g/mol. The standard InChI is InChI=1S/C14H23FN2/c1-4-10-17(6-3)14-9-7-8-13(15)12(14)11-16-5-2/h7-9,16H,4-6,10-11H2,1-3H3. The van der Waals surface area contributed by atoms with Crippen molar-refractivity contribution in [1.29, 1.82) is 0 Å². The number of benzene rings is 1. The number of halogens is 1. The van der Waals surface area contributed by atoms with E-state index in [1.165, 1.54) is 6.07 Å². The molecule has 1 rings (SSSR count). The van der Waals surface area contributed by atoms with E-state index in [0.717, 1.165) is 37.3 Å². The van der Waals surface area contributed by atoms with Gasteiger partial charge in [-0.1, -0.05) is 19.9 Å². The third kappa shape index (κ3) is 3.70. The third-order valence-corrected chi connectivity index (χ3v) is 2.86. The Hall–Kier alpha value is -1.09. The van der Waals surface area contributed by atoms with Gasteiger partial charge in [0.15, 0.2) is 0 Å². The Morgan fingerprint density at radius 1 is 1.24 bits per heavy atom. The van der Waals surface area contributed by atoms with Crippen molar-refractivity contribution in [2.24, 2.45) is 0 Å². The molecule has 0 atom stereocenters. The number of rotatable bonds is 7. The van der Waals surface area contributed by atoms with E-state index in [9.17, 15) is 4.39 Å². The van der Waals surface area contributed by atoms with Crippen molar-refractivity contribution in [3.05, 3.63) is 29.6 Å². The van der Waals surface area contributed by atoms with Crippen LogP contribution in [0.5, 0.6) is 0 Å². The number of anilines is 1. The van der Waals surface area contributed by atoms with Gasteiger partial charge in [-0.15, -0.1) is 0 Å². The number of hydrogen-bond donors (Lipinski definition) is 1. The summed E-state index contributed by atoms with van der Waals surface area (Å²) >= 11 is 0. The molecular weight excluding hydrogens is 215 g/mol. The van der Waals surface area contributed by atoms with Crippen LogP contribution < -0.4 is 10.2 Å². The molecule has 0 spiro atoms. The maximum atomic E-state index is 13.8. The predicted octanol–water partition coefficient (Wildman–Crippen LogP) is 3.17. The van der Waals surface area contributed by atoms with Crippen LogP contribution in [0.15, 0.2) is 18.2 Å². The second-order valence-electron chi connectivity index (χ2n) is 4.10. The Balaban J connectivity index is 2.98. The molecule has 1 aromatic rings. The van der Waals surface area contributed by atoms with Gasteiger partial charge in [-0.25, -0.2) is 4.39 Å². The molecule has 0 radical (unpaired) electrons. The van der Waals surface area contributed by atoms with E-state index in [-0.39, 0.29) is 5.82 Å². The molecule has 0 aromatic heterocycles. The lowest BCUT2D eigenvalue weighted by Gasteiger charge is -2.25. The zero-order valence-corrected chi connectivity index (χ0v) is 11.1. The van der Waals surface area contributed by atoms with Gasteiger partial charge < -0.3 is 10.2 Å². The van der Waals surface area contributed by atoms with Crippen LogP contribution >= 0.6 is 0 Å². The summed E-state index contributed by atoms with van der Waals surface area (Å²) in [6.45, 7) is 9.62. The maximum Gasteiger partial charge on any atom is 0.129 e. The Morgan fingerprint density at radius 2 is 2.00 bits per heavy atom. The Kier molecular flexibility index (Phi) is 5.98. The van der Waals surface area contributed by atoms with Crippen LogP contribution in [0.4, 0.5) is 10.1 Å². The largest absolute Gasteiger partial charge is 0.371 e. The lowest BCUT2D eigenvalue weighted by molar-refractivity contribution is 0.591. The van der Waals surface area contributed by atoms with E-state index in [4.69, 9.17) is 0 Å². The van der Waals surface area contributed by atoms with Crippen LogP contribution in [0.1, 0.15) is 32.8 Å². The van der Waals surface area contributed by atoms with Crippen LogP contribution in [0.2, 0.25) is 0 Å². The summed E-state index contributed by atoms with van der Waals surface area (Å²) in [5, 5.41) is 3.20. The van der Waals surface area contributed by atoms with Crippen molar-refractivity contribution in [3.8, 4) is 0 Å². The van der Waals surface area contributed by atoms with Crippen LogP contribution in [0.25, 0.3) is 0 Å². The first-order chi connectivity index (χ1) is 8.24. The van der Waals surface area contributed by atoms with Crippen LogP contribution in [-0.4, -0.2) is 19.6 Å². The molecule has 0 saturated carbocycles. The fourth-order valence-corrected chi connectivity index (χ4v) is 1.99. The summed E-state index contributed by atoms with van der Waals surface area (Å²) in [6.07, 6.45) is 1.07. The molecule has 1 N–H and O–H groups in total. The first-order valence-corrected chi connectivity index (χ1v) is 6.47. The second-order valence-corrected chi connectivity index (χ2v) is 4.10. The fraction of sp³-hybridized carbons (Fsp3) is 0.571. The van der Waals surface area contributed by atoms with Gasteiger partial charge in [-0.3, -0.25) is 0 Å². The SMILES string of the molecule is CCCN(CC)c1cccc(F)c1CNCC. The van der Waals surface area contributed by atoms with Crippen molar-refractivity contribution in [3.63, 3.8) is 0 Å². The quantitative estimate of drug-likeness (QED) is 0.785. The molecule has 2 nitrogen and oxygen atoms in total. The minimum Gasteiger partial charge on any atom is -0.371 e. The predicted molar refractivity (Wildman–Crippen MR) is 72.0 cm³/mol. The molecule has 17 heavy (non-hydrogen) atoms. The summed E-state index contributed by atoms with van der Waals surface area (Å²) < 4.78 is 13.8. The van der Waals surface area contributed by atoms with Gasteiger partial charge in [0.2, 0.25) is 0 Å². The van der Waals surface area contributed by atoms with Crippen molar-refractivity contribution in [2.75, 3.05) is 24.5 Å².